The van der Waals surface area contributed by atoms with Gasteiger partial charge in [0, 0.05) is 30.1 Å². The Bertz CT molecular complexity index is 789. The lowest BCUT2D eigenvalue weighted by Gasteiger charge is -2.02. The second-order valence-electron chi connectivity index (χ2n) is 4.57. The van der Waals surface area contributed by atoms with Crippen LogP contribution in [0.2, 0.25) is 0 Å². The number of hydrogen-bond acceptors (Lipinski definition) is 6. The van der Waals surface area contributed by atoms with Gasteiger partial charge in [-0.1, -0.05) is 11.3 Å². The average molecular weight is 330 g/mol. The number of carbonyl (C=O) groups is 1. The van der Waals surface area contributed by atoms with E-state index in [0.717, 1.165) is 26.7 Å². The van der Waals surface area contributed by atoms with Crippen LogP contribution in [0.1, 0.15) is 6.42 Å². The van der Waals surface area contributed by atoms with Crippen molar-refractivity contribution in [2.24, 2.45) is 0 Å². The van der Waals surface area contributed by atoms with Crippen LogP contribution in [0.5, 0.6) is 0 Å². The van der Waals surface area contributed by atoms with Gasteiger partial charge >= 0.3 is 0 Å². The molecule has 112 valence electrons. The molecule has 0 fully saturated rings. The summed E-state index contributed by atoms with van der Waals surface area (Å²) in [7, 11) is 0. The lowest BCUT2D eigenvalue weighted by molar-refractivity contribution is -0.115. The maximum Gasteiger partial charge on any atom is 0.226 e. The molecule has 3 aromatic rings. The van der Waals surface area contributed by atoms with Crippen LogP contribution in [0.25, 0.3) is 20.9 Å². The van der Waals surface area contributed by atoms with Gasteiger partial charge in [-0.25, -0.2) is 9.97 Å². The van der Waals surface area contributed by atoms with Gasteiger partial charge in [0.1, 0.15) is 21.2 Å². The first-order chi connectivity index (χ1) is 10.8. The predicted octanol–water partition coefficient (Wildman–Crippen LogP) is 3.44. The molecule has 0 aromatic carbocycles. The highest BCUT2D eigenvalue weighted by molar-refractivity contribution is 7.98. The first kappa shape index (κ1) is 14.9. The van der Waals surface area contributed by atoms with Crippen molar-refractivity contribution in [2.75, 3.05) is 17.3 Å². The molecule has 3 rings (SSSR count). The summed E-state index contributed by atoms with van der Waals surface area (Å²) in [5, 5.41) is 3.70. The minimum atomic E-state index is -0.0156. The van der Waals surface area contributed by atoms with Gasteiger partial charge in [0.2, 0.25) is 5.91 Å². The third-order valence-electron chi connectivity index (χ3n) is 2.96. The maximum atomic E-state index is 11.7. The van der Waals surface area contributed by atoms with Crippen LogP contribution in [0, 0.1) is 0 Å². The van der Waals surface area contributed by atoms with E-state index in [4.69, 9.17) is 0 Å². The van der Waals surface area contributed by atoms with Gasteiger partial charge in [-0.15, -0.1) is 0 Å². The Balaban J connectivity index is 1.83. The van der Waals surface area contributed by atoms with E-state index < -0.39 is 0 Å². The zero-order chi connectivity index (χ0) is 15.4. The Kier molecular flexibility index (Phi) is 4.65. The summed E-state index contributed by atoms with van der Waals surface area (Å²) in [6, 6.07) is 7.51. The van der Waals surface area contributed by atoms with Gasteiger partial charge in [-0.05, 0) is 30.5 Å². The standard InChI is InChI=1S/C15H14N4OS2/c1-21-8-6-13(20)18-12-5-4-11-15(19-12)22-14(17-11)10-3-2-7-16-9-10/h2-5,7,9H,6,8H2,1H3,(H,18,19,20). The van der Waals surface area contributed by atoms with Gasteiger partial charge in [0.15, 0.2) is 0 Å². The molecule has 0 saturated heterocycles. The van der Waals surface area contributed by atoms with E-state index in [1.807, 2.05) is 24.5 Å². The van der Waals surface area contributed by atoms with Crippen molar-refractivity contribution in [1.29, 1.82) is 0 Å². The van der Waals surface area contributed by atoms with E-state index in [1.165, 1.54) is 11.3 Å². The fraction of sp³-hybridized carbons (Fsp3) is 0.200. The number of amides is 1. The van der Waals surface area contributed by atoms with Crippen molar-refractivity contribution in [3.8, 4) is 10.6 Å². The summed E-state index contributed by atoms with van der Waals surface area (Å²) in [4.78, 5) is 25.7. The van der Waals surface area contributed by atoms with Crippen LogP contribution < -0.4 is 5.32 Å². The molecule has 1 amide bonds. The van der Waals surface area contributed by atoms with E-state index in [1.54, 1.807) is 30.2 Å². The number of nitrogens with one attached hydrogen (secondary N) is 1. The summed E-state index contributed by atoms with van der Waals surface area (Å²) >= 11 is 3.14. The topological polar surface area (TPSA) is 67.8 Å². The minimum Gasteiger partial charge on any atom is -0.311 e. The van der Waals surface area contributed by atoms with Gasteiger partial charge < -0.3 is 5.32 Å². The van der Waals surface area contributed by atoms with Gasteiger partial charge in [-0.2, -0.15) is 11.8 Å². The maximum absolute atomic E-state index is 11.7. The molecule has 0 aliphatic heterocycles. The lowest BCUT2D eigenvalue weighted by atomic mass is 10.3. The fourth-order valence-corrected chi connectivity index (χ4v) is 3.22. The van der Waals surface area contributed by atoms with Crippen molar-refractivity contribution < 1.29 is 4.79 Å². The van der Waals surface area contributed by atoms with Gasteiger partial charge in [0.05, 0.1) is 0 Å². The highest BCUT2D eigenvalue weighted by Gasteiger charge is 2.09. The molecule has 0 unspecified atom stereocenters. The molecule has 5 nitrogen and oxygen atoms in total. The van der Waals surface area contributed by atoms with Crippen LogP contribution in [-0.2, 0) is 4.79 Å². The molecule has 0 atom stereocenters. The SMILES string of the molecule is CSCCC(=O)Nc1ccc2nc(-c3cccnc3)sc2n1. The highest BCUT2D eigenvalue weighted by atomic mass is 32.2. The summed E-state index contributed by atoms with van der Waals surface area (Å²) in [6.07, 6.45) is 5.99. The first-order valence-corrected chi connectivity index (χ1v) is 8.94. The Morgan fingerprint density at radius 3 is 3.00 bits per heavy atom. The zero-order valence-corrected chi connectivity index (χ0v) is 13.6. The van der Waals surface area contributed by atoms with Crippen molar-refractivity contribution in [3.05, 3.63) is 36.7 Å². The number of rotatable bonds is 5. The number of aromatic nitrogens is 3. The molecule has 3 heterocycles. The lowest BCUT2D eigenvalue weighted by Crippen LogP contribution is -2.12. The second-order valence-corrected chi connectivity index (χ2v) is 6.54. The number of hydrogen-bond donors (Lipinski definition) is 1. The van der Waals surface area contributed by atoms with E-state index in [9.17, 15) is 4.79 Å². The molecule has 0 aliphatic carbocycles. The van der Waals surface area contributed by atoms with Crippen LogP contribution >= 0.6 is 23.1 Å². The van der Waals surface area contributed by atoms with Crippen molar-refractivity contribution in [2.45, 2.75) is 6.42 Å². The quantitative estimate of drug-likeness (QED) is 0.776. The minimum absolute atomic E-state index is 0.0156. The van der Waals surface area contributed by atoms with E-state index >= 15 is 0 Å². The first-order valence-electron chi connectivity index (χ1n) is 6.73. The molecular weight excluding hydrogens is 316 g/mol. The van der Waals surface area contributed by atoms with Crippen LogP contribution in [0.4, 0.5) is 5.82 Å². The van der Waals surface area contributed by atoms with E-state index in [2.05, 4.69) is 20.3 Å². The van der Waals surface area contributed by atoms with Gasteiger partial charge in [0.25, 0.3) is 0 Å². The average Bonchev–Trinajstić information content (AvgIpc) is 2.97. The zero-order valence-electron chi connectivity index (χ0n) is 11.9. The Morgan fingerprint density at radius 2 is 2.23 bits per heavy atom. The third kappa shape index (κ3) is 3.42. The van der Waals surface area contributed by atoms with Crippen molar-refractivity contribution in [3.63, 3.8) is 0 Å². The largest absolute Gasteiger partial charge is 0.311 e. The summed E-state index contributed by atoms with van der Waals surface area (Å²) < 4.78 is 0. The molecule has 0 radical (unpaired) electrons. The molecule has 3 aromatic heterocycles. The molecular formula is C15H14N4OS2. The normalized spacial score (nSPS) is 10.8. The number of fused-ring (bicyclic) bond motifs is 1. The molecule has 1 N–H and O–H groups in total. The van der Waals surface area contributed by atoms with E-state index in [0.29, 0.717) is 12.2 Å². The second kappa shape index (κ2) is 6.85. The van der Waals surface area contributed by atoms with E-state index in [-0.39, 0.29) is 5.91 Å². The van der Waals surface area contributed by atoms with Crippen LogP contribution in [0.3, 0.4) is 0 Å². The number of thioether (sulfide) groups is 1. The molecule has 0 aliphatic rings. The Morgan fingerprint density at radius 1 is 1.32 bits per heavy atom. The Hall–Kier alpha value is -1.99. The third-order valence-corrected chi connectivity index (χ3v) is 4.59. The highest BCUT2D eigenvalue weighted by Crippen LogP contribution is 2.29. The number of pyridine rings is 2. The summed E-state index contributed by atoms with van der Waals surface area (Å²) in [6.45, 7) is 0. The van der Waals surface area contributed by atoms with Gasteiger partial charge in [-0.3, -0.25) is 9.78 Å². The number of anilines is 1. The van der Waals surface area contributed by atoms with Crippen molar-refractivity contribution >= 4 is 45.2 Å². The number of carbonyl (C=O) groups excluding carboxylic acids is 1. The summed E-state index contributed by atoms with van der Waals surface area (Å²) in [5.41, 5.74) is 1.79. The van der Waals surface area contributed by atoms with Crippen LogP contribution in [0.15, 0.2) is 36.7 Å². The molecule has 0 saturated carbocycles. The summed E-state index contributed by atoms with van der Waals surface area (Å²) in [5.74, 6) is 1.36. The fourth-order valence-electron chi connectivity index (χ4n) is 1.90. The van der Waals surface area contributed by atoms with Crippen molar-refractivity contribution in [1.82, 2.24) is 15.0 Å². The molecule has 22 heavy (non-hydrogen) atoms. The smallest absolute Gasteiger partial charge is 0.226 e. The number of nitrogens with zero attached hydrogens (tertiary/aromatic N) is 3. The monoisotopic (exact) mass is 330 g/mol. The van der Waals surface area contributed by atoms with Crippen LogP contribution in [-0.4, -0.2) is 32.9 Å². The molecule has 7 heteroatoms. The number of thiazole rings is 1. The molecule has 0 bridgehead atoms. The predicted molar refractivity (Wildman–Crippen MR) is 92.3 cm³/mol. The Labute approximate surface area is 136 Å². The molecule has 0 spiro atoms.